The molecule has 0 amide bonds. The van der Waals surface area contributed by atoms with Gasteiger partial charge in [0.1, 0.15) is 49.4 Å². The molecule has 8 heteroatoms. The monoisotopic (exact) mass is 704 g/mol. The Hall–Kier alpha value is -4.34. The molecule has 6 rings (SSSR count). The first-order chi connectivity index (χ1) is 24.2. The molecule has 0 saturated heterocycles. The van der Waals surface area contributed by atoms with E-state index in [1.54, 1.807) is 23.5 Å². The topological polar surface area (TPSA) is 43.4 Å². The molecule has 2 aliphatic rings. The summed E-state index contributed by atoms with van der Waals surface area (Å²) in [5, 5.41) is 0. The second-order valence-corrected chi connectivity index (χ2v) is 14.9. The molecule has 50 heavy (non-hydrogen) atoms. The Morgan fingerprint density at radius 1 is 0.560 bits per heavy atom. The van der Waals surface area contributed by atoms with Crippen molar-refractivity contribution in [2.45, 2.75) is 27.9 Å². The van der Waals surface area contributed by atoms with Crippen molar-refractivity contribution in [1.29, 1.82) is 0 Å². The molecule has 4 aromatic carbocycles. The van der Waals surface area contributed by atoms with E-state index in [9.17, 15) is 0 Å². The lowest BCUT2D eigenvalue weighted by Gasteiger charge is -2.16. The van der Waals surface area contributed by atoms with E-state index in [0.717, 1.165) is 84.2 Å². The molecular weight excluding hydrogens is 661 g/mol. The lowest BCUT2D eigenvalue weighted by atomic mass is 10.1. The maximum atomic E-state index is 6.35. The zero-order valence-corrected chi connectivity index (χ0v) is 30.9. The Kier molecular flexibility index (Phi) is 11.8. The van der Waals surface area contributed by atoms with Crippen LogP contribution in [-0.2, 0) is 22.7 Å². The number of likely N-dealkylation sites (N-methyl/N-ethyl adjacent to an activating group) is 2. The fraction of sp³-hybridized carbons (Fsp3) is 0.238. The fourth-order valence-electron chi connectivity index (χ4n) is 5.36. The maximum Gasteiger partial charge on any atom is 0.128 e. The molecule has 0 N–H and O–H groups in total. The average molecular weight is 705 g/mol. The third-order valence-electron chi connectivity index (χ3n) is 8.15. The van der Waals surface area contributed by atoms with E-state index in [0.29, 0.717) is 26.4 Å². The maximum absolute atomic E-state index is 6.35. The summed E-state index contributed by atoms with van der Waals surface area (Å²) in [6, 6.07) is 29.1. The van der Waals surface area contributed by atoms with Gasteiger partial charge in [-0.15, -0.1) is 0 Å². The minimum absolute atomic E-state index is 0.425. The summed E-state index contributed by atoms with van der Waals surface area (Å²) in [6.45, 7) is 12.1. The zero-order chi connectivity index (χ0) is 35.0. The molecule has 0 saturated carbocycles. The van der Waals surface area contributed by atoms with Crippen molar-refractivity contribution in [2.75, 3.05) is 54.5 Å². The van der Waals surface area contributed by atoms with Crippen molar-refractivity contribution in [1.82, 2.24) is 9.80 Å². The summed E-state index contributed by atoms with van der Waals surface area (Å²) < 4.78 is 25.2. The molecule has 4 aromatic rings. The van der Waals surface area contributed by atoms with Gasteiger partial charge in [-0.3, -0.25) is 0 Å². The number of thioether (sulfide) groups is 1. The van der Waals surface area contributed by atoms with Gasteiger partial charge in [0.25, 0.3) is 0 Å². The first-order valence-corrected chi connectivity index (χ1v) is 18.3. The van der Waals surface area contributed by atoms with E-state index < -0.39 is 0 Å². The Labute approximate surface area is 305 Å². The minimum Gasteiger partial charge on any atom is -0.492 e. The molecule has 6 nitrogen and oxygen atoms in total. The van der Waals surface area contributed by atoms with Crippen LogP contribution >= 0.6 is 23.5 Å². The summed E-state index contributed by atoms with van der Waals surface area (Å²) >= 11 is 3.36. The molecule has 0 radical (unpaired) electrons. The summed E-state index contributed by atoms with van der Waals surface area (Å²) in [7, 11) is 8.18. The van der Waals surface area contributed by atoms with Crippen molar-refractivity contribution >= 4 is 41.1 Å². The molecule has 258 valence electrons. The molecule has 0 atom stereocenters. The number of nitrogens with zero attached hydrogens (tertiary/aromatic N) is 2. The SMILES string of the molecule is C=C1C=C(OCCN(C)C)c2cc(OCc3cccc(COc4ccc5c(c4)C(OCCN(C)C)=Cc4ccccc4S5)c3)ccc2SC1=C. The van der Waals surface area contributed by atoms with Gasteiger partial charge in [-0.05, 0) is 111 Å². The fourth-order valence-corrected chi connectivity index (χ4v) is 7.26. The van der Waals surface area contributed by atoms with E-state index in [-0.39, 0.29) is 0 Å². The van der Waals surface area contributed by atoms with Crippen LogP contribution in [0.2, 0.25) is 0 Å². The van der Waals surface area contributed by atoms with Crippen LogP contribution in [0, 0.1) is 0 Å². The van der Waals surface area contributed by atoms with Crippen molar-refractivity contribution in [3.8, 4) is 11.5 Å². The average Bonchev–Trinajstić information content (AvgIpc) is 3.33. The predicted octanol–water partition coefficient (Wildman–Crippen LogP) is 9.48. The van der Waals surface area contributed by atoms with Crippen LogP contribution < -0.4 is 9.47 Å². The molecule has 2 aliphatic heterocycles. The highest BCUT2D eigenvalue weighted by molar-refractivity contribution is 8.03. The summed E-state index contributed by atoms with van der Waals surface area (Å²) in [6.07, 6.45) is 4.12. The highest BCUT2D eigenvalue weighted by atomic mass is 32.2. The van der Waals surface area contributed by atoms with Gasteiger partial charge in [-0.25, -0.2) is 0 Å². The van der Waals surface area contributed by atoms with Crippen LogP contribution in [0.1, 0.15) is 27.8 Å². The molecule has 0 fully saturated rings. The van der Waals surface area contributed by atoms with Gasteiger partial charge >= 0.3 is 0 Å². The van der Waals surface area contributed by atoms with Crippen LogP contribution in [0.4, 0.5) is 0 Å². The molecule has 0 aromatic heterocycles. The van der Waals surface area contributed by atoms with Gasteiger partial charge in [-0.1, -0.05) is 73.1 Å². The second kappa shape index (κ2) is 16.6. The molecule has 0 unspecified atom stereocenters. The van der Waals surface area contributed by atoms with E-state index in [1.165, 1.54) is 4.90 Å². The lowest BCUT2D eigenvalue weighted by Crippen LogP contribution is -2.17. The van der Waals surface area contributed by atoms with Gasteiger partial charge in [-0.2, -0.15) is 0 Å². The van der Waals surface area contributed by atoms with E-state index in [1.807, 2.05) is 44.4 Å². The van der Waals surface area contributed by atoms with Crippen molar-refractivity contribution in [3.05, 3.63) is 142 Å². The summed E-state index contributed by atoms with van der Waals surface area (Å²) in [5.41, 5.74) is 6.16. The first kappa shape index (κ1) is 35.5. The van der Waals surface area contributed by atoms with Crippen molar-refractivity contribution in [2.24, 2.45) is 0 Å². The normalized spacial score (nSPS) is 13.8. The largest absolute Gasteiger partial charge is 0.492 e. The summed E-state index contributed by atoms with van der Waals surface area (Å²) in [5.74, 6) is 3.21. The van der Waals surface area contributed by atoms with Gasteiger partial charge in [0.2, 0.25) is 0 Å². The third-order valence-corrected chi connectivity index (χ3v) is 10.4. The lowest BCUT2D eigenvalue weighted by molar-refractivity contribution is 0.231. The molecule has 2 heterocycles. The number of benzene rings is 4. The van der Waals surface area contributed by atoms with E-state index >= 15 is 0 Å². The van der Waals surface area contributed by atoms with E-state index in [2.05, 4.69) is 104 Å². The number of ether oxygens (including phenoxy) is 4. The van der Waals surface area contributed by atoms with Crippen LogP contribution in [0.15, 0.2) is 129 Å². The standard InChI is InChI=1S/C42H44N2O4S2/c1-29-22-38(45-20-18-43(3)4)36-25-34(14-16-41(36)49-30(29)2)47-27-31-10-9-11-32(23-31)28-48-35-15-17-42-37(26-35)39(46-21-19-44(5)6)24-33-12-7-8-13-40(33)50-42/h7-17,22-26H,1-2,18-21,27-28H2,3-6H3. The Bertz CT molecular complexity index is 1930. The number of fused-ring (bicyclic) bond motifs is 3. The molecule has 0 bridgehead atoms. The highest BCUT2D eigenvalue weighted by Crippen LogP contribution is 2.43. The van der Waals surface area contributed by atoms with Crippen LogP contribution in [0.25, 0.3) is 17.6 Å². The third kappa shape index (κ3) is 9.25. The van der Waals surface area contributed by atoms with Crippen molar-refractivity contribution in [3.63, 3.8) is 0 Å². The number of allylic oxidation sites excluding steroid dienone is 2. The second-order valence-electron chi connectivity index (χ2n) is 12.7. The Morgan fingerprint density at radius 2 is 1.12 bits per heavy atom. The van der Waals surface area contributed by atoms with Crippen molar-refractivity contribution < 1.29 is 18.9 Å². The minimum atomic E-state index is 0.425. The van der Waals surface area contributed by atoms with E-state index in [4.69, 9.17) is 18.9 Å². The van der Waals surface area contributed by atoms with Crippen LogP contribution in [0.5, 0.6) is 11.5 Å². The number of hydrogen-bond donors (Lipinski definition) is 0. The molecular formula is C42H44N2O4S2. The summed E-state index contributed by atoms with van der Waals surface area (Å²) in [4.78, 5) is 8.55. The van der Waals surface area contributed by atoms with Gasteiger partial charge in [0.15, 0.2) is 0 Å². The first-order valence-electron chi connectivity index (χ1n) is 16.7. The Balaban J connectivity index is 1.13. The smallest absolute Gasteiger partial charge is 0.128 e. The molecule has 0 spiro atoms. The van der Waals surface area contributed by atoms with Gasteiger partial charge in [0.05, 0.1) is 0 Å². The van der Waals surface area contributed by atoms with Gasteiger partial charge < -0.3 is 28.7 Å². The molecule has 0 aliphatic carbocycles. The number of hydrogen-bond acceptors (Lipinski definition) is 8. The van der Waals surface area contributed by atoms with Crippen LogP contribution in [-0.4, -0.2) is 64.3 Å². The van der Waals surface area contributed by atoms with Gasteiger partial charge in [0, 0.05) is 43.8 Å². The highest BCUT2D eigenvalue weighted by Gasteiger charge is 2.20. The Morgan fingerprint density at radius 3 is 1.72 bits per heavy atom. The predicted molar refractivity (Wildman–Crippen MR) is 208 cm³/mol. The quantitative estimate of drug-likeness (QED) is 0.129. The number of rotatable bonds is 14. The van der Waals surface area contributed by atoms with Crippen LogP contribution in [0.3, 0.4) is 0 Å². The zero-order valence-electron chi connectivity index (χ0n) is 29.2.